The molecule has 6 heteroatoms. The molecule has 2 aliphatic rings. The third kappa shape index (κ3) is 8.15. The Morgan fingerprint density at radius 3 is 2.12 bits per heavy atom. The van der Waals surface area contributed by atoms with Crippen molar-refractivity contribution in [3.05, 3.63) is 35.1 Å². The summed E-state index contributed by atoms with van der Waals surface area (Å²) in [6.45, 7) is 0.333. The van der Waals surface area contributed by atoms with Crippen LogP contribution >= 0.6 is 0 Å². The lowest BCUT2D eigenvalue weighted by atomic mass is 9.89. The molecule has 1 aliphatic heterocycles. The Balaban J connectivity index is 1.10. The van der Waals surface area contributed by atoms with Gasteiger partial charge in [-0.1, -0.05) is 70.3 Å². The van der Waals surface area contributed by atoms with Crippen molar-refractivity contribution in [1.29, 1.82) is 0 Å². The van der Waals surface area contributed by atoms with E-state index in [1.165, 1.54) is 63.4 Å². The van der Waals surface area contributed by atoms with Crippen LogP contribution in [0.3, 0.4) is 0 Å². The topological polar surface area (TPSA) is 93.1 Å². The average molecular weight is 473 g/mol. The lowest BCUT2D eigenvalue weighted by Gasteiger charge is -2.18. The predicted molar refractivity (Wildman–Crippen MR) is 131 cm³/mol. The second-order valence-electron chi connectivity index (χ2n) is 9.59. The van der Waals surface area contributed by atoms with Gasteiger partial charge in [0.1, 0.15) is 17.4 Å². The molecule has 0 bridgehead atoms. The predicted octanol–water partition coefficient (Wildman–Crippen LogP) is 6.13. The number of carbonyl (C=O) groups is 2. The fraction of sp³-hybridized carbons (Fsp3) is 0.643. The maximum atomic E-state index is 12.2. The van der Waals surface area contributed by atoms with Crippen LogP contribution in [0, 0.1) is 0 Å². The van der Waals surface area contributed by atoms with Crippen molar-refractivity contribution in [2.45, 2.75) is 109 Å². The number of carbonyl (C=O) groups excluding carboxylic acids is 2. The number of aliphatic hydroxyl groups excluding tert-OH is 2. The second kappa shape index (κ2) is 14.1. The molecule has 0 saturated heterocycles. The number of ether oxygens (including phenoxy) is 2. The van der Waals surface area contributed by atoms with Gasteiger partial charge in [0.2, 0.25) is 6.79 Å². The first kappa shape index (κ1) is 26.3. The molecule has 6 nitrogen and oxygen atoms in total. The smallest absolute Gasteiger partial charge is 0.231 e. The zero-order chi connectivity index (χ0) is 24.2. The quantitative estimate of drug-likeness (QED) is 0.222. The van der Waals surface area contributed by atoms with Gasteiger partial charge in [-0.3, -0.25) is 9.59 Å². The van der Waals surface area contributed by atoms with Gasteiger partial charge in [0, 0.05) is 12.8 Å². The Morgan fingerprint density at radius 2 is 1.44 bits per heavy atom. The van der Waals surface area contributed by atoms with E-state index in [1.54, 1.807) is 0 Å². The SMILES string of the molecule is O=C(CCCCCCCCCCCCCCc1ccc2c(c1)OCO2)C1=C(O)[C@@H](O)CCC1=O. The highest BCUT2D eigenvalue weighted by Crippen LogP contribution is 2.33. The highest BCUT2D eigenvalue weighted by Gasteiger charge is 2.30. The fourth-order valence-corrected chi connectivity index (χ4v) is 4.74. The average Bonchev–Trinajstić information content (AvgIpc) is 3.30. The third-order valence-electron chi connectivity index (χ3n) is 6.83. The standard InChI is InChI=1S/C28H40O6/c29-22(27-23(30)16-17-24(31)28(27)32)14-12-10-8-6-4-2-1-3-5-7-9-11-13-21-15-18-25-26(19-21)34-20-33-25/h15,18-19,24,31-32H,1-14,16-17,20H2/t24-/m0/s1. The van der Waals surface area contributed by atoms with Gasteiger partial charge in [0.05, 0.1) is 0 Å². The molecule has 0 radical (unpaired) electrons. The molecule has 0 amide bonds. The molecule has 2 N–H and O–H groups in total. The zero-order valence-corrected chi connectivity index (χ0v) is 20.4. The first-order valence-corrected chi connectivity index (χ1v) is 13.1. The van der Waals surface area contributed by atoms with Crippen molar-refractivity contribution in [3.63, 3.8) is 0 Å². The number of aliphatic hydroxyl groups is 2. The Bertz CT molecular complexity index is 843. The van der Waals surface area contributed by atoms with E-state index in [2.05, 4.69) is 12.1 Å². The van der Waals surface area contributed by atoms with Crippen LogP contribution in [0.1, 0.15) is 102 Å². The first-order chi connectivity index (χ1) is 16.6. The van der Waals surface area contributed by atoms with E-state index in [0.29, 0.717) is 6.79 Å². The minimum absolute atomic E-state index is 0.132. The van der Waals surface area contributed by atoms with Gasteiger partial charge in [-0.15, -0.1) is 0 Å². The summed E-state index contributed by atoms with van der Waals surface area (Å²) in [4.78, 5) is 24.1. The van der Waals surface area contributed by atoms with Crippen LogP contribution in [0.4, 0.5) is 0 Å². The lowest BCUT2D eigenvalue weighted by Crippen LogP contribution is -2.27. The summed E-state index contributed by atoms with van der Waals surface area (Å²) >= 11 is 0. The second-order valence-corrected chi connectivity index (χ2v) is 9.59. The minimum atomic E-state index is -1.07. The van der Waals surface area contributed by atoms with Gasteiger partial charge in [0.15, 0.2) is 23.1 Å². The number of ketones is 2. The Labute approximate surface area is 203 Å². The van der Waals surface area contributed by atoms with Crippen LogP contribution in [0.25, 0.3) is 0 Å². The summed E-state index contributed by atoms with van der Waals surface area (Å²) in [6.07, 6.45) is 14.8. The number of fused-ring (bicyclic) bond motifs is 1. The molecule has 1 aromatic carbocycles. The van der Waals surface area contributed by atoms with E-state index in [1.807, 2.05) is 6.07 Å². The third-order valence-corrected chi connectivity index (χ3v) is 6.83. The van der Waals surface area contributed by atoms with E-state index < -0.39 is 11.9 Å². The number of aryl methyl sites for hydroxylation is 1. The fourth-order valence-electron chi connectivity index (χ4n) is 4.74. The van der Waals surface area contributed by atoms with Gasteiger partial charge in [-0.2, -0.15) is 0 Å². The molecule has 0 spiro atoms. The molecule has 1 heterocycles. The maximum Gasteiger partial charge on any atom is 0.231 e. The summed E-state index contributed by atoms with van der Waals surface area (Å²) < 4.78 is 10.8. The van der Waals surface area contributed by atoms with E-state index in [0.717, 1.165) is 37.2 Å². The van der Waals surface area contributed by atoms with Crippen molar-refractivity contribution in [3.8, 4) is 11.5 Å². The number of unbranched alkanes of at least 4 members (excludes halogenated alkanes) is 11. The lowest BCUT2D eigenvalue weighted by molar-refractivity contribution is -0.123. The maximum absolute atomic E-state index is 12.2. The van der Waals surface area contributed by atoms with Crippen LogP contribution < -0.4 is 9.47 Å². The van der Waals surface area contributed by atoms with Crippen LogP contribution in [0.5, 0.6) is 11.5 Å². The van der Waals surface area contributed by atoms with Crippen molar-refractivity contribution >= 4 is 11.6 Å². The van der Waals surface area contributed by atoms with Crippen LogP contribution in [-0.4, -0.2) is 34.7 Å². The highest BCUT2D eigenvalue weighted by atomic mass is 16.7. The molecular weight excluding hydrogens is 432 g/mol. The van der Waals surface area contributed by atoms with Crippen molar-refractivity contribution in [1.82, 2.24) is 0 Å². The number of allylic oxidation sites excluding steroid dienone is 1. The van der Waals surface area contributed by atoms with Crippen LogP contribution in [0.2, 0.25) is 0 Å². The number of rotatable bonds is 16. The van der Waals surface area contributed by atoms with Crippen LogP contribution in [0.15, 0.2) is 29.5 Å². The van der Waals surface area contributed by atoms with Gasteiger partial charge in [-0.05, 0) is 43.4 Å². The molecule has 3 rings (SSSR count). The van der Waals surface area contributed by atoms with E-state index in [4.69, 9.17) is 9.47 Å². The zero-order valence-electron chi connectivity index (χ0n) is 20.4. The normalized spacial score (nSPS) is 17.4. The van der Waals surface area contributed by atoms with Gasteiger partial charge >= 0.3 is 0 Å². The molecule has 0 saturated carbocycles. The number of Topliss-reactive ketones (excluding diaryl/α,β-unsaturated/α-hetero) is 2. The molecule has 34 heavy (non-hydrogen) atoms. The molecule has 0 aromatic heterocycles. The number of hydrogen-bond acceptors (Lipinski definition) is 6. The summed E-state index contributed by atoms with van der Waals surface area (Å²) in [5.41, 5.74) is 1.16. The molecular formula is C28H40O6. The molecule has 1 aromatic rings. The summed E-state index contributed by atoms with van der Waals surface area (Å²) in [6, 6.07) is 6.24. The Kier molecular flexibility index (Phi) is 10.9. The van der Waals surface area contributed by atoms with Crippen molar-refractivity contribution in [2.75, 3.05) is 6.79 Å². The molecule has 1 aliphatic carbocycles. The molecule has 0 fully saturated rings. The summed E-state index contributed by atoms with van der Waals surface area (Å²) in [5, 5.41) is 19.5. The molecule has 188 valence electrons. The van der Waals surface area contributed by atoms with Crippen LogP contribution in [-0.2, 0) is 16.0 Å². The van der Waals surface area contributed by atoms with E-state index >= 15 is 0 Å². The molecule has 0 unspecified atom stereocenters. The van der Waals surface area contributed by atoms with Gasteiger partial charge < -0.3 is 19.7 Å². The van der Waals surface area contributed by atoms with Gasteiger partial charge in [-0.25, -0.2) is 0 Å². The Hall–Kier alpha value is -2.34. The largest absolute Gasteiger partial charge is 0.509 e. The van der Waals surface area contributed by atoms with E-state index in [9.17, 15) is 19.8 Å². The minimum Gasteiger partial charge on any atom is -0.509 e. The Morgan fingerprint density at radius 1 is 0.853 bits per heavy atom. The number of hydrogen-bond donors (Lipinski definition) is 2. The summed E-state index contributed by atoms with van der Waals surface area (Å²) in [5.74, 6) is 0.646. The number of benzene rings is 1. The van der Waals surface area contributed by atoms with Crippen molar-refractivity contribution < 1.29 is 29.3 Å². The molecule has 1 atom stereocenters. The monoisotopic (exact) mass is 472 g/mol. The van der Waals surface area contributed by atoms with E-state index in [-0.39, 0.29) is 36.4 Å². The van der Waals surface area contributed by atoms with Crippen molar-refractivity contribution in [2.24, 2.45) is 0 Å². The summed E-state index contributed by atoms with van der Waals surface area (Å²) in [7, 11) is 0. The highest BCUT2D eigenvalue weighted by molar-refractivity contribution is 6.21. The van der Waals surface area contributed by atoms with Gasteiger partial charge in [0.25, 0.3) is 0 Å². The first-order valence-electron chi connectivity index (χ1n) is 13.1.